The number of carbonyl (C=O) groups is 1. The van der Waals surface area contributed by atoms with Crippen molar-refractivity contribution in [3.05, 3.63) is 35.9 Å². The lowest BCUT2D eigenvalue weighted by Crippen LogP contribution is -2.33. The van der Waals surface area contributed by atoms with Crippen LogP contribution in [0.15, 0.2) is 30.3 Å². The van der Waals surface area contributed by atoms with Crippen LogP contribution in [0.1, 0.15) is 31.2 Å². The second-order valence-corrected chi connectivity index (χ2v) is 8.53. The van der Waals surface area contributed by atoms with Crippen molar-refractivity contribution in [1.82, 2.24) is 9.62 Å². The summed E-state index contributed by atoms with van der Waals surface area (Å²) in [6.07, 6.45) is 4.05. The van der Waals surface area contributed by atoms with E-state index in [9.17, 15) is 13.2 Å². The van der Waals surface area contributed by atoms with Crippen molar-refractivity contribution in [3.8, 4) is 0 Å². The molecule has 0 radical (unpaired) electrons. The van der Waals surface area contributed by atoms with E-state index >= 15 is 0 Å². The molecular formula is C17H24N2O3S. The van der Waals surface area contributed by atoms with Crippen LogP contribution in [0.5, 0.6) is 0 Å². The zero-order valence-corrected chi connectivity index (χ0v) is 14.1. The normalized spacial score (nSPS) is 21.8. The minimum Gasteiger partial charge on any atom is -0.339 e. The number of aryl methyl sites for hydroxylation is 1. The Balaban J connectivity index is 1.39. The average molecular weight is 336 g/mol. The third-order valence-corrected chi connectivity index (χ3v) is 5.97. The van der Waals surface area contributed by atoms with Gasteiger partial charge in [-0.15, -0.1) is 0 Å². The van der Waals surface area contributed by atoms with Crippen LogP contribution < -0.4 is 4.72 Å². The Morgan fingerprint density at radius 1 is 1.17 bits per heavy atom. The maximum absolute atomic E-state index is 12.1. The van der Waals surface area contributed by atoms with Crippen molar-refractivity contribution in [3.63, 3.8) is 0 Å². The quantitative estimate of drug-likeness (QED) is 0.783. The van der Waals surface area contributed by atoms with Gasteiger partial charge in [0.25, 0.3) is 0 Å². The molecule has 1 aliphatic carbocycles. The second-order valence-electron chi connectivity index (χ2n) is 6.60. The average Bonchev–Trinajstić information content (AvgIpc) is 3.30. The van der Waals surface area contributed by atoms with E-state index in [2.05, 4.69) is 4.72 Å². The zero-order chi connectivity index (χ0) is 16.3. The molecule has 23 heavy (non-hydrogen) atoms. The predicted molar refractivity (Wildman–Crippen MR) is 89.4 cm³/mol. The number of hydrogen-bond donors (Lipinski definition) is 1. The van der Waals surface area contributed by atoms with Gasteiger partial charge in [0.15, 0.2) is 0 Å². The SMILES string of the molecule is O=C1CC(CNS(=O)(=O)CCCc2ccccc2)CN1C1CC1. The van der Waals surface area contributed by atoms with E-state index < -0.39 is 10.0 Å². The molecule has 1 amide bonds. The highest BCUT2D eigenvalue weighted by Gasteiger charge is 2.39. The minimum absolute atomic E-state index is 0.118. The fourth-order valence-electron chi connectivity index (χ4n) is 3.11. The van der Waals surface area contributed by atoms with Gasteiger partial charge < -0.3 is 4.90 Å². The zero-order valence-electron chi connectivity index (χ0n) is 13.3. The number of nitrogens with zero attached hydrogens (tertiary/aromatic N) is 1. The van der Waals surface area contributed by atoms with E-state index in [0.29, 0.717) is 32.0 Å². The Labute approximate surface area is 138 Å². The van der Waals surface area contributed by atoms with Crippen molar-refractivity contribution < 1.29 is 13.2 Å². The molecule has 1 aromatic carbocycles. The van der Waals surface area contributed by atoms with E-state index in [1.165, 1.54) is 0 Å². The first-order chi connectivity index (χ1) is 11.0. The summed E-state index contributed by atoms with van der Waals surface area (Å²) in [5.74, 6) is 0.433. The van der Waals surface area contributed by atoms with Crippen LogP contribution in [0, 0.1) is 5.92 Å². The maximum Gasteiger partial charge on any atom is 0.223 e. The lowest BCUT2D eigenvalue weighted by atomic mass is 10.1. The summed E-state index contributed by atoms with van der Waals surface area (Å²) in [4.78, 5) is 13.8. The lowest BCUT2D eigenvalue weighted by molar-refractivity contribution is -0.128. The van der Waals surface area contributed by atoms with E-state index in [0.717, 1.165) is 24.8 Å². The Morgan fingerprint density at radius 2 is 1.91 bits per heavy atom. The first-order valence-electron chi connectivity index (χ1n) is 8.34. The smallest absolute Gasteiger partial charge is 0.223 e. The van der Waals surface area contributed by atoms with Gasteiger partial charge in [0.2, 0.25) is 15.9 Å². The largest absolute Gasteiger partial charge is 0.339 e. The molecule has 1 saturated heterocycles. The van der Waals surface area contributed by atoms with Crippen molar-refractivity contribution in [2.24, 2.45) is 5.92 Å². The standard InChI is InChI=1S/C17H24N2O3S/c20-17-11-15(13-19(17)16-8-9-16)12-18-23(21,22)10-4-7-14-5-2-1-3-6-14/h1-3,5-6,15-16,18H,4,7-13H2. The van der Waals surface area contributed by atoms with E-state index in [4.69, 9.17) is 0 Å². The predicted octanol–water partition coefficient (Wildman–Crippen LogP) is 1.55. The van der Waals surface area contributed by atoms with Crippen LogP contribution in [-0.2, 0) is 21.2 Å². The highest BCUT2D eigenvalue weighted by atomic mass is 32.2. The molecule has 5 nitrogen and oxygen atoms in total. The summed E-state index contributed by atoms with van der Waals surface area (Å²) >= 11 is 0. The number of likely N-dealkylation sites (tertiary alicyclic amines) is 1. The topological polar surface area (TPSA) is 66.5 Å². The molecule has 0 bridgehead atoms. The summed E-state index contributed by atoms with van der Waals surface area (Å²) in [7, 11) is -3.26. The Kier molecular flexibility index (Phi) is 5.02. The van der Waals surface area contributed by atoms with Crippen LogP contribution >= 0.6 is 0 Å². The first-order valence-corrected chi connectivity index (χ1v) is 9.99. The van der Waals surface area contributed by atoms with E-state index in [1.807, 2.05) is 35.2 Å². The minimum atomic E-state index is -3.26. The van der Waals surface area contributed by atoms with Gasteiger partial charge in [0.1, 0.15) is 0 Å². The fraction of sp³-hybridized carbons (Fsp3) is 0.588. The molecule has 1 unspecified atom stereocenters. The van der Waals surface area contributed by atoms with Gasteiger partial charge in [0, 0.05) is 25.6 Å². The van der Waals surface area contributed by atoms with Gasteiger partial charge in [-0.3, -0.25) is 4.79 Å². The number of benzene rings is 1. The molecule has 0 aromatic heterocycles. The number of carbonyl (C=O) groups excluding carboxylic acids is 1. The van der Waals surface area contributed by atoms with Crippen LogP contribution in [0.2, 0.25) is 0 Å². The third-order valence-electron chi connectivity index (χ3n) is 4.54. The molecule has 1 heterocycles. The summed E-state index contributed by atoms with van der Waals surface area (Å²) in [6.45, 7) is 1.08. The summed E-state index contributed by atoms with van der Waals surface area (Å²) < 4.78 is 26.8. The summed E-state index contributed by atoms with van der Waals surface area (Å²) in [5, 5.41) is 0. The maximum atomic E-state index is 12.1. The Hall–Kier alpha value is -1.40. The van der Waals surface area contributed by atoms with Crippen molar-refractivity contribution in [2.75, 3.05) is 18.8 Å². The Bertz CT molecular complexity index is 641. The monoisotopic (exact) mass is 336 g/mol. The molecule has 6 heteroatoms. The number of nitrogens with one attached hydrogen (secondary N) is 1. The molecule has 3 rings (SSSR count). The van der Waals surface area contributed by atoms with Gasteiger partial charge in [-0.25, -0.2) is 13.1 Å². The molecule has 1 N–H and O–H groups in total. The lowest BCUT2D eigenvalue weighted by Gasteiger charge is -2.15. The van der Waals surface area contributed by atoms with E-state index in [1.54, 1.807) is 0 Å². The molecule has 1 aromatic rings. The number of amides is 1. The number of sulfonamides is 1. The molecule has 1 saturated carbocycles. The van der Waals surface area contributed by atoms with Gasteiger partial charge in [-0.1, -0.05) is 30.3 Å². The van der Waals surface area contributed by atoms with Crippen molar-refractivity contribution in [1.29, 1.82) is 0 Å². The van der Waals surface area contributed by atoms with Gasteiger partial charge in [-0.2, -0.15) is 0 Å². The van der Waals surface area contributed by atoms with Crippen LogP contribution in [-0.4, -0.2) is 44.1 Å². The van der Waals surface area contributed by atoms with Crippen LogP contribution in [0.3, 0.4) is 0 Å². The van der Waals surface area contributed by atoms with Gasteiger partial charge >= 0.3 is 0 Å². The van der Waals surface area contributed by atoms with E-state index in [-0.39, 0.29) is 17.6 Å². The molecule has 1 aliphatic heterocycles. The molecule has 2 fully saturated rings. The highest BCUT2D eigenvalue weighted by molar-refractivity contribution is 7.89. The van der Waals surface area contributed by atoms with Crippen LogP contribution in [0.25, 0.3) is 0 Å². The van der Waals surface area contributed by atoms with Crippen LogP contribution in [0.4, 0.5) is 0 Å². The van der Waals surface area contributed by atoms with Gasteiger partial charge in [0.05, 0.1) is 5.75 Å². The molecule has 2 aliphatic rings. The second kappa shape index (κ2) is 7.01. The van der Waals surface area contributed by atoms with Gasteiger partial charge in [-0.05, 0) is 37.2 Å². The number of rotatable bonds is 8. The molecular weight excluding hydrogens is 312 g/mol. The molecule has 1 atom stereocenters. The molecule has 0 spiro atoms. The summed E-state index contributed by atoms with van der Waals surface area (Å²) in [5.41, 5.74) is 1.16. The molecule has 126 valence electrons. The first kappa shape index (κ1) is 16.5. The summed E-state index contributed by atoms with van der Waals surface area (Å²) in [6, 6.07) is 10.3. The van der Waals surface area contributed by atoms with Crippen molar-refractivity contribution in [2.45, 2.75) is 38.1 Å². The Morgan fingerprint density at radius 3 is 2.61 bits per heavy atom. The highest BCUT2D eigenvalue weighted by Crippen LogP contribution is 2.32. The third kappa shape index (κ3) is 4.78. The fourth-order valence-corrected chi connectivity index (χ4v) is 4.27. The number of hydrogen-bond acceptors (Lipinski definition) is 3. The van der Waals surface area contributed by atoms with Crippen molar-refractivity contribution >= 4 is 15.9 Å².